The topological polar surface area (TPSA) is 72.6 Å². The summed E-state index contributed by atoms with van der Waals surface area (Å²) in [5, 5.41) is 0. The lowest BCUT2D eigenvalue weighted by Gasteiger charge is -2.27. The summed E-state index contributed by atoms with van der Waals surface area (Å²) in [6.07, 6.45) is 1.82. The molecule has 1 aromatic rings. The second kappa shape index (κ2) is 6.11. The number of ether oxygens (including phenoxy) is 1. The van der Waals surface area contributed by atoms with Crippen molar-refractivity contribution in [3.63, 3.8) is 0 Å². The summed E-state index contributed by atoms with van der Waals surface area (Å²) in [4.78, 5) is 0.298. The van der Waals surface area contributed by atoms with Crippen molar-refractivity contribution >= 4 is 15.7 Å². The van der Waals surface area contributed by atoms with E-state index in [0.29, 0.717) is 28.6 Å². The van der Waals surface area contributed by atoms with Gasteiger partial charge in [0.25, 0.3) is 0 Å². The zero-order valence-electron chi connectivity index (χ0n) is 12.0. The third-order valence-corrected chi connectivity index (χ3v) is 5.84. The lowest BCUT2D eigenvalue weighted by Crippen LogP contribution is -2.34. The number of nitrogens with zero attached hydrogens (tertiary/aromatic N) is 1. The van der Waals surface area contributed by atoms with Gasteiger partial charge in [0.15, 0.2) is 0 Å². The Balaban J connectivity index is 2.18. The van der Waals surface area contributed by atoms with Crippen molar-refractivity contribution in [2.24, 2.45) is 5.92 Å². The molecule has 2 N–H and O–H groups in total. The quantitative estimate of drug-likeness (QED) is 0.857. The van der Waals surface area contributed by atoms with Gasteiger partial charge in [-0.1, -0.05) is 6.07 Å². The highest BCUT2D eigenvalue weighted by molar-refractivity contribution is 7.89. The first kappa shape index (κ1) is 15.3. The monoisotopic (exact) mass is 298 g/mol. The first-order valence-electron chi connectivity index (χ1n) is 6.82. The summed E-state index contributed by atoms with van der Waals surface area (Å²) in [6.45, 7) is 3.70. The fourth-order valence-corrected chi connectivity index (χ4v) is 3.97. The Morgan fingerprint density at radius 3 is 2.65 bits per heavy atom. The number of hydrogen-bond donors (Lipinski definition) is 1. The van der Waals surface area contributed by atoms with E-state index < -0.39 is 10.0 Å². The molecule has 1 saturated heterocycles. The number of rotatable bonds is 4. The van der Waals surface area contributed by atoms with Crippen LogP contribution in [0.4, 0.5) is 5.69 Å². The van der Waals surface area contributed by atoms with Crippen LogP contribution in [0.1, 0.15) is 18.4 Å². The maximum Gasteiger partial charge on any atom is 0.243 e. The molecule has 1 fully saturated rings. The minimum Gasteiger partial charge on any atom is -0.398 e. The van der Waals surface area contributed by atoms with Crippen LogP contribution >= 0.6 is 0 Å². The molecule has 20 heavy (non-hydrogen) atoms. The molecular formula is C14H22N2O3S. The standard InChI is InChI=1S/C14H22N2O3S/c1-11-13(15)4-3-5-14(11)20(17,18)16(2)10-12-6-8-19-9-7-12/h3-5,12H,6-10,15H2,1-2H3. The number of sulfonamides is 1. The summed E-state index contributed by atoms with van der Waals surface area (Å²) in [6, 6.07) is 5.01. The molecule has 0 radical (unpaired) electrons. The summed E-state index contributed by atoms with van der Waals surface area (Å²) in [7, 11) is -1.85. The third kappa shape index (κ3) is 3.13. The van der Waals surface area contributed by atoms with Crippen LogP contribution in [0, 0.1) is 12.8 Å². The summed E-state index contributed by atoms with van der Waals surface area (Å²) in [5.74, 6) is 0.366. The van der Waals surface area contributed by atoms with Crippen molar-refractivity contribution in [3.8, 4) is 0 Å². The highest BCUT2D eigenvalue weighted by Gasteiger charge is 2.26. The van der Waals surface area contributed by atoms with Gasteiger partial charge in [-0.25, -0.2) is 12.7 Å². The Hall–Kier alpha value is -1.11. The van der Waals surface area contributed by atoms with Gasteiger partial charge in [0.05, 0.1) is 4.90 Å². The molecule has 0 aliphatic carbocycles. The lowest BCUT2D eigenvalue weighted by atomic mass is 10.0. The van der Waals surface area contributed by atoms with E-state index >= 15 is 0 Å². The van der Waals surface area contributed by atoms with Crippen molar-refractivity contribution in [3.05, 3.63) is 23.8 Å². The minimum absolute atomic E-state index is 0.298. The van der Waals surface area contributed by atoms with E-state index in [0.717, 1.165) is 26.1 Å². The van der Waals surface area contributed by atoms with Crippen molar-refractivity contribution in [1.82, 2.24) is 4.31 Å². The average Bonchev–Trinajstić information content (AvgIpc) is 2.42. The van der Waals surface area contributed by atoms with E-state index in [1.54, 1.807) is 32.2 Å². The van der Waals surface area contributed by atoms with Gasteiger partial charge in [-0.05, 0) is 43.4 Å². The lowest BCUT2D eigenvalue weighted by molar-refractivity contribution is 0.0620. The van der Waals surface area contributed by atoms with E-state index in [-0.39, 0.29) is 0 Å². The average molecular weight is 298 g/mol. The SMILES string of the molecule is Cc1c(N)cccc1S(=O)(=O)N(C)CC1CCOCC1. The van der Waals surface area contributed by atoms with Gasteiger partial charge >= 0.3 is 0 Å². The van der Waals surface area contributed by atoms with Gasteiger partial charge in [0, 0.05) is 32.5 Å². The van der Waals surface area contributed by atoms with Gasteiger partial charge < -0.3 is 10.5 Å². The van der Waals surface area contributed by atoms with Gasteiger partial charge in [-0.2, -0.15) is 0 Å². The van der Waals surface area contributed by atoms with Crippen molar-refractivity contribution in [2.75, 3.05) is 32.5 Å². The Morgan fingerprint density at radius 2 is 2.00 bits per heavy atom. The van der Waals surface area contributed by atoms with Crippen LogP contribution in [0.15, 0.2) is 23.1 Å². The molecule has 0 bridgehead atoms. The molecule has 0 atom stereocenters. The summed E-state index contributed by atoms with van der Waals surface area (Å²) in [5.41, 5.74) is 6.92. The second-order valence-corrected chi connectivity index (χ2v) is 7.32. The third-order valence-electron chi connectivity index (χ3n) is 3.87. The predicted octanol–water partition coefficient (Wildman–Crippen LogP) is 1.62. The highest BCUT2D eigenvalue weighted by Crippen LogP contribution is 2.25. The summed E-state index contributed by atoms with van der Waals surface area (Å²) >= 11 is 0. The first-order valence-corrected chi connectivity index (χ1v) is 8.26. The number of nitrogen functional groups attached to an aromatic ring is 1. The Morgan fingerprint density at radius 1 is 1.35 bits per heavy atom. The predicted molar refractivity (Wildman–Crippen MR) is 79.0 cm³/mol. The van der Waals surface area contributed by atoms with Crippen LogP contribution in [-0.4, -0.2) is 39.5 Å². The molecule has 5 nitrogen and oxygen atoms in total. The molecule has 1 aliphatic heterocycles. The molecule has 6 heteroatoms. The Kier molecular flexibility index (Phi) is 4.67. The highest BCUT2D eigenvalue weighted by atomic mass is 32.2. The summed E-state index contributed by atoms with van der Waals surface area (Å²) < 4.78 is 32.0. The fraction of sp³-hybridized carbons (Fsp3) is 0.571. The molecule has 1 aliphatic rings. The molecule has 2 rings (SSSR count). The maximum atomic E-state index is 12.6. The van der Waals surface area contributed by atoms with Gasteiger partial charge in [-0.3, -0.25) is 0 Å². The van der Waals surface area contributed by atoms with Crippen LogP contribution in [0.2, 0.25) is 0 Å². The minimum atomic E-state index is -3.48. The molecule has 112 valence electrons. The first-order chi connectivity index (χ1) is 9.43. The van der Waals surface area contributed by atoms with E-state index in [1.165, 1.54) is 4.31 Å². The smallest absolute Gasteiger partial charge is 0.243 e. The number of benzene rings is 1. The van der Waals surface area contributed by atoms with Gasteiger partial charge in [0.2, 0.25) is 10.0 Å². The van der Waals surface area contributed by atoms with Crippen LogP contribution in [0.25, 0.3) is 0 Å². The zero-order chi connectivity index (χ0) is 14.8. The molecular weight excluding hydrogens is 276 g/mol. The Bertz CT molecular complexity index is 566. The second-order valence-electron chi connectivity index (χ2n) is 5.31. The van der Waals surface area contributed by atoms with E-state index in [2.05, 4.69) is 0 Å². The number of anilines is 1. The van der Waals surface area contributed by atoms with Crippen molar-refractivity contribution in [1.29, 1.82) is 0 Å². The van der Waals surface area contributed by atoms with Crippen molar-refractivity contribution in [2.45, 2.75) is 24.7 Å². The van der Waals surface area contributed by atoms with Crippen LogP contribution in [-0.2, 0) is 14.8 Å². The van der Waals surface area contributed by atoms with E-state index in [4.69, 9.17) is 10.5 Å². The molecule has 0 spiro atoms. The Labute approximate surface area is 120 Å². The molecule has 0 amide bonds. The van der Waals surface area contributed by atoms with Crippen LogP contribution in [0.3, 0.4) is 0 Å². The van der Waals surface area contributed by atoms with Crippen LogP contribution < -0.4 is 5.73 Å². The van der Waals surface area contributed by atoms with E-state index in [9.17, 15) is 8.42 Å². The maximum absolute atomic E-state index is 12.6. The molecule has 0 aromatic heterocycles. The number of nitrogens with two attached hydrogens (primary N) is 1. The number of hydrogen-bond acceptors (Lipinski definition) is 4. The molecule has 0 unspecified atom stereocenters. The van der Waals surface area contributed by atoms with E-state index in [1.807, 2.05) is 0 Å². The zero-order valence-corrected chi connectivity index (χ0v) is 12.8. The molecule has 0 saturated carbocycles. The molecule has 1 heterocycles. The van der Waals surface area contributed by atoms with Crippen molar-refractivity contribution < 1.29 is 13.2 Å². The molecule has 1 aromatic carbocycles. The largest absolute Gasteiger partial charge is 0.398 e. The fourth-order valence-electron chi connectivity index (χ4n) is 2.47. The van der Waals surface area contributed by atoms with Gasteiger partial charge in [-0.15, -0.1) is 0 Å². The van der Waals surface area contributed by atoms with Gasteiger partial charge in [0.1, 0.15) is 0 Å². The van der Waals surface area contributed by atoms with Crippen LogP contribution in [0.5, 0.6) is 0 Å². The normalized spacial score (nSPS) is 17.6.